The molecule has 3 nitrogen and oxygen atoms in total. The number of anilines is 1. The fraction of sp³-hybridized carbons (Fsp3) is 0.222. The first-order chi connectivity index (χ1) is 10.6. The van der Waals surface area contributed by atoms with Crippen LogP contribution in [0.2, 0.25) is 0 Å². The molecule has 112 valence electrons. The zero-order chi connectivity index (χ0) is 15.7. The SMILES string of the molecule is Cc1ccccc1C(=O)N1CCc2cc(C(=O)CBr)ccc21. The van der Waals surface area contributed by atoms with Gasteiger partial charge in [-0.3, -0.25) is 9.59 Å². The summed E-state index contributed by atoms with van der Waals surface area (Å²) in [4.78, 5) is 26.3. The molecule has 0 spiro atoms. The van der Waals surface area contributed by atoms with Crippen LogP contribution < -0.4 is 4.90 Å². The van der Waals surface area contributed by atoms with E-state index in [0.29, 0.717) is 17.4 Å². The first-order valence-electron chi connectivity index (χ1n) is 7.21. The van der Waals surface area contributed by atoms with E-state index in [9.17, 15) is 9.59 Å². The van der Waals surface area contributed by atoms with Gasteiger partial charge in [-0.2, -0.15) is 0 Å². The van der Waals surface area contributed by atoms with Crippen molar-refractivity contribution >= 4 is 33.3 Å². The number of alkyl halides is 1. The lowest BCUT2D eigenvalue weighted by Crippen LogP contribution is -2.29. The summed E-state index contributed by atoms with van der Waals surface area (Å²) in [5.74, 6) is 0.0860. The van der Waals surface area contributed by atoms with E-state index in [4.69, 9.17) is 0 Å². The van der Waals surface area contributed by atoms with E-state index < -0.39 is 0 Å². The van der Waals surface area contributed by atoms with E-state index in [0.717, 1.165) is 28.8 Å². The van der Waals surface area contributed by atoms with Gasteiger partial charge in [0.25, 0.3) is 5.91 Å². The van der Waals surface area contributed by atoms with Crippen LogP contribution in [0, 0.1) is 6.92 Å². The van der Waals surface area contributed by atoms with Crippen molar-refractivity contribution in [1.29, 1.82) is 0 Å². The van der Waals surface area contributed by atoms with Crippen LogP contribution in [0.4, 0.5) is 5.69 Å². The number of Topliss-reactive ketones (excluding diaryl/α,β-unsaturated/α-hetero) is 1. The normalized spacial score (nSPS) is 13.1. The lowest BCUT2D eigenvalue weighted by atomic mass is 10.1. The van der Waals surface area contributed by atoms with Gasteiger partial charge in [0.1, 0.15) is 0 Å². The van der Waals surface area contributed by atoms with Gasteiger partial charge in [-0.15, -0.1) is 0 Å². The lowest BCUT2D eigenvalue weighted by Gasteiger charge is -2.18. The first kappa shape index (κ1) is 15.0. The van der Waals surface area contributed by atoms with Crippen molar-refractivity contribution in [3.63, 3.8) is 0 Å². The predicted molar refractivity (Wildman–Crippen MR) is 91.1 cm³/mol. The number of fused-ring (bicyclic) bond motifs is 1. The average molecular weight is 358 g/mol. The summed E-state index contributed by atoms with van der Waals surface area (Å²) in [5, 5.41) is 0.317. The molecule has 4 heteroatoms. The van der Waals surface area contributed by atoms with Gasteiger partial charge in [0.15, 0.2) is 5.78 Å². The summed E-state index contributed by atoms with van der Waals surface area (Å²) >= 11 is 3.19. The van der Waals surface area contributed by atoms with Crippen molar-refractivity contribution in [2.45, 2.75) is 13.3 Å². The maximum atomic E-state index is 12.8. The third-order valence-electron chi connectivity index (χ3n) is 4.04. The van der Waals surface area contributed by atoms with E-state index in [-0.39, 0.29) is 11.7 Å². The quantitative estimate of drug-likeness (QED) is 0.619. The average Bonchev–Trinajstić information content (AvgIpc) is 2.97. The van der Waals surface area contributed by atoms with Crippen molar-refractivity contribution in [3.05, 3.63) is 64.7 Å². The number of nitrogens with zero attached hydrogens (tertiary/aromatic N) is 1. The number of carbonyl (C=O) groups excluding carboxylic acids is 2. The van der Waals surface area contributed by atoms with E-state index in [1.54, 1.807) is 11.0 Å². The fourth-order valence-corrected chi connectivity index (χ4v) is 3.15. The molecule has 0 aromatic heterocycles. The van der Waals surface area contributed by atoms with Crippen molar-refractivity contribution in [3.8, 4) is 0 Å². The molecule has 0 N–H and O–H groups in total. The van der Waals surface area contributed by atoms with Crippen molar-refractivity contribution in [2.75, 3.05) is 16.8 Å². The second kappa shape index (κ2) is 6.05. The molecule has 0 aliphatic carbocycles. The van der Waals surface area contributed by atoms with Gasteiger partial charge >= 0.3 is 0 Å². The number of amides is 1. The summed E-state index contributed by atoms with van der Waals surface area (Å²) < 4.78 is 0. The number of halogens is 1. The molecule has 3 rings (SSSR count). The van der Waals surface area contributed by atoms with Crippen LogP contribution in [-0.4, -0.2) is 23.6 Å². The van der Waals surface area contributed by atoms with Gasteiger partial charge < -0.3 is 4.90 Å². The molecule has 1 aliphatic heterocycles. The number of hydrogen-bond acceptors (Lipinski definition) is 2. The van der Waals surface area contributed by atoms with Gasteiger partial charge in [-0.05, 0) is 48.7 Å². The van der Waals surface area contributed by atoms with E-state index in [1.807, 2.05) is 43.3 Å². The topological polar surface area (TPSA) is 37.4 Å². The zero-order valence-electron chi connectivity index (χ0n) is 12.3. The molecule has 2 aromatic carbocycles. The van der Waals surface area contributed by atoms with Crippen LogP contribution >= 0.6 is 15.9 Å². The molecule has 1 aliphatic rings. The Morgan fingerprint density at radius 3 is 2.68 bits per heavy atom. The van der Waals surface area contributed by atoms with E-state index in [2.05, 4.69) is 15.9 Å². The van der Waals surface area contributed by atoms with Crippen molar-refractivity contribution in [1.82, 2.24) is 0 Å². The maximum Gasteiger partial charge on any atom is 0.258 e. The molecule has 1 heterocycles. The van der Waals surface area contributed by atoms with Gasteiger partial charge in [0.2, 0.25) is 0 Å². The van der Waals surface area contributed by atoms with Crippen LogP contribution in [-0.2, 0) is 6.42 Å². The smallest absolute Gasteiger partial charge is 0.258 e. The van der Waals surface area contributed by atoms with Gasteiger partial charge in [0, 0.05) is 23.4 Å². The lowest BCUT2D eigenvalue weighted by molar-refractivity contribution is 0.0987. The minimum Gasteiger partial charge on any atom is -0.308 e. The molecule has 0 radical (unpaired) electrons. The Balaban J connectivity index is 1.93. The minimum absolute atomic E-state index is 0.0245. The molecular weight excluding hydrogens is 342 g/mol. The summed E-state index contributed by atoms with van der Waals surface area (Å²) in [7, 11) is 0. The van der Waals surface area contributed by atoms with E-state index >= 15 is 0 Å². The highest BCUT2D eigenvalue weighted by Crippen LogP contribution is 2.30. The molecule has 22 heavy (non-hydrogen) atoms. The molecule has 0 atom stereocenters. The number of hydrogen-bond donors (Lipinski definition) is 0. The molecule has 0 bridgehead atoms. The summed E-state index contributed by atoms with van der Waals surface area (Å²) in [6.45, 7) is 2.61. The summed E-state index contributed by atoms with van der Waals surface area (Å²) in [6.07, 6.45) is 0.788. The van der Waals surface area contributed by atoms with E-state index in [1.165, 1.54) is 0 Å². The number of aryl methyl sites for hydroxylation is 1. The summed E-state index contributed by atoms with van der Waals surface area (Å²) in [6, 6.07) is 13.2. The molecule has 0 unspecified atom stereocenters. The Bertz CT molecular complexity index is 755. The molecule has 2 aromatic rings. The second-order valence-corrected chi connectivity index (χ2v) is 5.98. The van der Waals surface area contributed by atoms with Crippen LogP contribution in [0.15, 0.2) is 42.5 Å². The van der Waals surface area contributed by atoms with Crippen LogP contribution in [0.3, 0.4) is 0 Å². The third kappa shape index (κ3) is 2.59. The Hall–Kier alpha value is -1.94. The van der Waals surface area contributed by atoms with Crippen LogP contribution in [0.5, 0.6) is 0 Å². The Morgan fingerprint density at radius 1 is 1.18 bits per heavy atom. The zero-order valence-corrected chi connectivity index (χ0v) is 13.9. The van der Waals surface area contributed by atoms with Crippen LogP contribution in [0.1, 0.15) is 31.8 Å². The monoisotopic (exact) mass is 357 g/mol. The Labute approximate surface area is 138 Å². The molecule has 0 saturated heterocycles. The fourth-order valence-electron chi connectivity index (χ4n) is 2.82. The highest BCUT2D eigenvalue weighted by Gasteiger charge is 2.26. The number of benzene rings is 2. The van der Waals surface area contributed by atoms with Gasteiger partial charge in [-0.1, -0.05) is 34.1 Å². The highest BCUT2D eigenvalue weighted by molar-refractivity contribution is 9.09. The Morgan fingerprint density at radius 2 is 1.95 bits per heavy atom. The number of rotatable bonds is 3. The maximum absolute atomic E-state index is 12.8. The van der Waals surface area contributed by atoms with Crippen molar-refractivity contribution < 1.29 is 9.59 Å². The Kier molecular flexibility index (Phi) is 4.12. The number of ketones is 1. The van der Waals surface area contributed by atoms with Gasteiger partial charge in [-0.25, -0.2) is 0 Å². The number of carbonyl (C=O) groups is 2. The van der Waals surface area contributed by atoms with Gasteiger partial charge in [0.05, 0.1) is 5.33 Å². The molecule has 0 fully saturated rings. The summed E-state index contributed by atoms with van der Waals surface area (Å²) in [5.41, 5.74) is 4.39. The molecular formula is C18H16BrNO2. The van der Waals surface area contributed by atoms with Crippen LogP contribution in [0.25, 0.3) is 0 Å². The second-order valence-electron chi connectivity index (χ2n) is 5.42. The first-order valence-corrected chi connectivity index (χ1v) is 8.33. The third-order valence-corrected chi connectivity index (χ3v) is 4.55. The minimum atomic E-state index is 0.0245. The largest absolute Gasteiger partial charge is 0.308 e. The standard InChI is InChI=1S/C18H16BrNO2/c1-12-4-2-3-5-15(12)18(22)20-9-8-13-10-14(17(21)11-19)6-7-16(13)20/h2-7,10H,8-9,11H2,1H3. The molecule has 1 amide bonds. The predicted octanol–water partition coefficient (Wildman–Crippen LogP) is 3.78. The molecule has 0 saturated carbocycles. The van der Waals surface area contributed by atoms with Crippen molar-refractivity contribution in [2.24, 2.45) is 0 Å². The highest BCUT2D eigenvalue weighted by atomic mass is 79.9.